The SMILES string of the molecule is CNC(CCc1cccnc1)Cc1c(C)cc(C)cc1C. The number of hydrogen-bond acceptors (Lipinski definition) is 2. The molecule has 21 heavy (non-hydrogen) atoms. The first kappa shape index (κ1) is 15.7. The van der Waals surface area contributed by atoms with Gasteiger partial charge < -0.3 is 5.32 Å². The molecule has 1 aromatic heterocycles. The van der Waals surface area contributed by atoms with Gasteiger partial charge in [0.15, 0.2) is 0 Å². The van der Waals surface area contributed by atoms with Crippen molar-refractivity contribution < 1.29 is 0 Å². The zero-order valence-corrected chi connectivity index (χ0v) is 13.6. The topological polar surface area (TPSA) is 24.9 Å². The summed E-state index contributed by atoms with van der Waals surface area (Å²) >= 11 is 0. The van der Waals surface area contributed by atoms with Gasteiger partial charge in [-0.15, -0.1) is 0 Å². The van der Waals surface area contributed by atoms with Gasteiger partial charge in [-0.3, -0.25) is 4.98 Å². The van der Waals surface area contributed by atoms with E-state index in [-0.39, 0.29) is 0 Å². The van der Waals surface area contributed by atoms with E-state index in [0.29, 0.717) is 6.04 Å². The summed E-state index contributed by atoms with van der Waals surface area (Å²) in [6.07, 6.45) is 7.10. The molecule has 0 aliphatic rings. The van der Waals surface area contributed by atoms with Gasteiger partial charge in [-0.05, 0) is 75.4 Å². The van der Waals surface area contributed by atoms with Crippen LogP contribution in [-0.2, 0) is 12.8 Å². The third-order valence-electron chi connectivity index (χ3n) is 4.20. The van der Waals surface area contributed by atoms with Crippen LogP contribution in [0.2, 0.25) is 0 Å². The molecule has 1 N–H and O–H groups in total. The molecule has 112 valence electrons. The Morgan fingerprint density at radius 2 is 1.86 bits per heavy atom. The molecule has 0 fully saturated rings. The van der Waals surface area contributed by atoms with Crippen molar-refractivity contribution in [3.05, 3.63) is 64.5 Å². The number of hydrogen-bond donors (Lipinski definition) is 1. The van der Waals surface area contributed by atoms with Crippen LogP contribution in [0.15, 0.2) is 36.7 Å². The zero-order valence-electron chi connectivity index (χ0n) is 13.6. The van der Waals surface area contributed by atoms with Crippen LogP contribution in [0.3, 0.4) is 0 Å². The second-order valence-electron chi connectivity index (χ2n) is 5.97. The Labute approximate surface area is 128 Å². The maximum Gasteiger partial charge on any atom is 0.0299 e. The number of likely N-dealkylation sites (N-methyl/N-ethyl adjacent to an activating group) is 1. The molecule has 0 aliphatic heterocycles. The molecule has 0 saturated heterocycles. The Bertz CT molecular complexity index is 552. The molecule has 2 aromatic rings. The molecule has 2 nitrogen and oxygen atoms in total. The number of benzene rings is 1. The summed E-state index contributed by atoms with van der Waals surface area (Å²) < 4.78 is 0. The van der Waals surface area contributed by atoms with Crippen LogP contribution >= 0.6 is 0 Å². The average Bonchev–Trinajstić information content (AvgIpc) is 2.47. The van der Waals surface area contributed by atoms with E-state index >= 15 is 0 Å². The fourth-order valence-electron chi connectivity index (χ4n) is 3.01. The van der Waals surface area contributed by atoms with Crippen molar-refractivity contribution in [3.63, 3.8) is 0 Å². The van der Waals surface area contributed by atoms with Crippen molar-refractivity contribution in [1.82, 2.24) is 10.3 Å². The monoisotopic (exact) mass is 282 g/mol. The Balaban J connectivity index is 2.02. The van der Waals surface area contributed by atoms with E-state index in [1.165, 1.54) is 27.8 Å². The summed E-state index contributed by atoms with van der Waals surface area (Å²) in [5.41, 5.74) is 6.98. The van der Waals surface area contributed by atoms with Gasteiger partial charge in [-0.1, -0.05) is 23.8 Å². The lowest BCUT2D eigenvalue weighted by atomic mass is 9.92. The predicted octanol–water partition coefficient (Wildman–Crippen LogP) is 3.77. The van der Waals surface area contributed by atoms with E-state index < -0.39 is 0 Å². The predicted molar refractivity (Wildman–Crippen MR) is 89.8 cm³/mol. The third kappa shape index (κ3) is 4.40. The lowest BCUT2D eigenvalue weighted by Gasteiger charge is -2.19. The molecule has 0 spiro atoms. The largest absolute Gasteiger partial charge is 0.317 e. The van der Waals surface area contributed by atoms with Gasteiger partial charge in [-0.25, -0.2) is 0 Å². The van der Waals surface area contributed by atoms with Crippen molar-refractivity contribution >= 4 is 0 Å². The highest BCUT2D eigenvalue weighted by atomic mass is 14.9. The normalized spacial score (nSPS) is 12.4. The van der Waals surface area contributed by atoms with E-state index in [1.54, 1.807) is 0 Å². The number of aryl methyl sites for hydroxylation is 4. The van der Waals surface area contributed by atoms with Gasteiger partial charge in [0.05, 0.1) is 0 Å². The van der Waals surface area contributed by atoms with Crippen molar-refractivity contribution in [1.29, 1.82) is 0 Å². The Morgan fingerprint density at radius 3 is 2.43 bits per heavy atom. The molecule has 1 unspecified atom stereocenters. The minimum absolute atomic E-state index is 0.505. The minimum Gasteiger partial charge on any atom is -0.317 e. The number of rotatable bonds is 6. The highest BCUT2D eigenvalue weighted by Crippen LogP contribution is 2.19. The molecule has 0 radical (unpaired) electrons. The van der Waals surface area contributed by atoms with E-state index in [1.807, 2.05) is 18.5 Å². The number of pyridine rings is 1. The molecule has 0 saturated carbocycles. The van der Waals surface area contributed by atoms with Crippen LogP contribution in [0, 0.1) is 20.8 Å². The molecular weight excluding hydrogens is 256 g/mol. The molecule has 0 aliphatic carbocycles. The van der Waals surface area contributed by atoms with Gasteiger partial charge >= 0.3 is 0 Å². The van der Waals surface area contributed by atoms with E-state index in [0.717, 1.165) is 19.3 Å². The Morgan fingerprint density at radius 1 is 1.14 bits per heavy atom. The number of nitrogens with zero attached hydrogens (tertiary/aromatic N) is 1. The van der Waals surface area contributed by atoms with Crippen molar-refractivity contribution in [2.45, 2.75) is 46.1 Å². The maximum absolute atomic E-state index is 4.19. The van der Waals surface area contributed by atoms with E-state index in [2.05, 4.69) is 56.3 Å². The van der Waals surface area contributed by atoms with Crippen molar-refractivity contribution in [2.24, 2.45) is 0 Å². The van der Waals surface area contributed by atoms with Crippen LogP contribution in [0.5, 0.6) is 0 Å². The molecule has 2 rings (SSSR count). The van der Waals surface area contributed by atoms with Crippen LogP contribution in [0.1, 0.15) is 34.2 Å². The molecule has 1 atom stereocenters. The van der Waals surface area contributed by atoms with Crippen molar-refractivity contribution in [3.8, 4) is 0 Å². The summed E-state index contributed by atoms with van der Waals surface area (Å²) in [6.45, 7) is 6.62. The summed E-state index contributed by atoms with van der Waals surface area (Å²) in [7, 11) is 2.06. The fourth-order valence-corrected chi connectivity index (χ4v) is 3.01. The Hall–Kier alpha value is -1.67. The quantitative estimate of drug-likeness (QED) is 0.872. The molecular formula is C19H26N2. The Kier molecular flexibility index (Phi) is 5.51. The lowest BCUT2D eigenvalue weighted by molar-refractivity contribution is 0.518. The van der Waals surface area contributed by atoms with Gasteiger partial charge in [0, 0.05) is 18.4 Å². The highest BCUT2D eigenvalue weighted by molar-refractivity contribution is 5.38. The summed E-state index contributed by atoms with van der Waals surface area (Å²) in [6, 6.07) is 9.25. The van der Waals surface area contributed by atoms with E-state index in [9.17, 15) is 0 Å². The smallest absolute Gasteiger partial charge is 0.0299 e. The van der Waals surface area contributed by atoms with Crippen molar-refractivity contribution in [2.75, 3.05) is 7.05 Å². The summed E-state index contributed by atoms with van der Waals surface area (Å²) in [4.78, 5) is 4.19. The van der Waals surface area contributed by atoms with Gasteiger partial charge in [-0.2, -0.15) is 0 Å². The summed E-state index contributed by atoms with van der Waals surface area (Å²) in [5.74, 6) is 0. The first-order chi connectivity index (χ1) is 10.1. The highest BCUT2D eigenvalue weighted by Gasteiger charge is 2.12. The third-order valence-corrected chi connectivity index (χ3v) is 4.20. The summed E-state index contributed by atoms with van der Waals surface area (Å²) in [5, 5.41) is 3.47. The van der Waals surface area contributed by atoms with Crippen LogP contribution in [-0.4, -0.2) is 18.1 Å². The molecule has 0 amide bonds. The molecule has 0 bridgehead atoms. The first-order valence-electron chi connectivity index (χ1n) is 7.73. The van der Waals surface area contributed by atoms with Crippen LogP contribution < -0.4 is 5.32 Å². The van der Waals surface area contributed by atoms with E-state index in [4.69, 9.17) is 0 Å². The van der Waals surface area contributed by atoms with Crippen LogP contribution in [0.25, 0.3) is 0 Å². The molecule has 1 aromatic carbocycles. The molecule has 2 heteroatoms. The maximum atomic E-state index is 4.19. The van der Waals surface area contributed by atoms with Gasteiger partial charge in [0.1, 0.15) is 0 Å². The van der Waals surface area contributed by atoms with Gasteiger partial charge in [0.2, 0.25) is 0 Å². The second kappa shape index (κ2) is 7.37. The average molecular weight is 282 g/mol. The first-order valence-corrected chi connectivity index (χ1v) is 7.73. The second-order valence-corrected chi connectivity index (χ2v) is 5.97. The fraction of sp³-hybridized carbons (Fsp3) is 0.421. The lowest BCUT2D eigenvalue weighted by Crippen LogP contribution is -2.28. The zero-order chi connectivity index (χ0) is 15.2. The van der Waals surface area contributed by atoms with Crippen LogP contribution in [0.4, 0.5) is 0 Å². The number of nitrogens with one attached hydrogen (secondary N) is 1. The molecule has 1 heterocycles. The van der Waals surface area contributed by atoms with Gasteiger partial charge in [0.25, 0.3) is 0 Å². The number of aromatic nitrogens is 1. The standard InChI is InChI=1S/C19H26N2/c1-14-10-15(2)19(16(3)11-14)12-18(20-4)8-7-17-6-5-9-21-13-17/h5-6,9-11,13,18,20H,7-8,12H2,1-4H3. The minimum atomic E-state index is 0.505.